The van der Waals surface area contributed by atoms with Gasteiger partial charge in [0.25, 0.3) is 5.91 Å². The Hall–Kier alpha value is -1.69. The highest BCUT2D eigenvalue weighted by molar-refractivity contribution is 5.94. The van der Waals surface area contributed by atoms with Gasteiger partial charge in [0.1, 0.15) is 11.6 Å². The van der Waals surface area contributed by atoms with Gasteiger partial charge >= 0.3 is 0 Å². The van der Waals surface area contributed by atoms with Crippen molar-refractivity contribution >= 4 is 11.6 Å². The highest BCUT2D eigenvalue weighted by atomic mass is 19.1. The maximum Gasteiger partial charge on any atom is 0.254 e. The van der Waals surface area contributed by atoms with Gasteiger partial charge in [-0.3, -0.25) is 4.79 Å². The molecule has 2 N–H and O–H groups in total. The topological polar surface area (TPSA) is 44.4 Å². The van der Waals surface area contributed by atoms with E-state index in [1.165, 1.54) is 7.05 Å². The van der Waals surface area contributed by atoms with E-state index in [2.05, 4.69) is 10.6 Å². The van der Waals surface area contributed by atoms with Crippen LogP contribution in [-0.2, 0) is 0 Å². The van der Waals surface area contributed by atoms with Crippen molar-refractivity contribution < 1.29 is 13.6 Å². The predicted octanol–water partition coefficient (Wildman–Crippen LogP) is 0.734. The third-order valence-electron chi connectivity index (χ3n) is 2.97. The van der Waals surface area contributed by atoms with Crippen molar-refractivity contribution in [1.82, 2.24) is 10.6 Å². The van der Waals surface area contributed by atoms with Crippen LogP contribution in [0.4, 0.5) is 14.5 Å². The number of nitrogens with one attached hydrogen (secondary N) is 2. The number of anilines is 1. The molecule has 0 unspecified atom stereocenters. The summed E-state index contributed by atoms with van der Waals surface area (Å²) < 4.78 is 27.7. The molecule has 1 fully saturated rings. The molecule has 98 valence electrons. The van der Waals surface area contributed by atoms with Crippen LogP contribution in [-0.4, -0.2) is 39.1 Å². The molecule has 1 heterocycles. The van der Waals surface area contributed by atoms with Crippen LogP contribution < -0.4 is 15.5 Å². The SMILES string of the molecule is CNC(=O)c1cc(F)c(N2CCNCC2)cc1F. The number of benzene rings is 1. The van der Waals surface area contributed by atoms with Crippen LogP contribution in [0.15, 0.2) is 12.1 Å². The number of amides is 1. The molecule has 4 nitrogen and oxygen atoms in total. The minimum atomic E-state index is -0.704. The van der Waals surface area contributed by atoms with Gasteiger partial charge in [-0.15, -0.1) is 0 Å². The molecule has 0 saturated carbocycles. The van der Waals surface area contributed by atoms with E-state index < -0.39 is 17.5 Å². The molecule has 0 aliphatic carbocycles. The first kappa shape index (κ1) is 12.8. The van der Waals surface area contributed by atoms with Gasteiger partial charge < -0.3 is 15.5 Å². The summed E-state index contributed by atoms with van der Waals surface area (Å²) in [5.41, 5.74) is -0.0597. The Bertz CT molecular complexity index is 459. The van der Waals surface area contributed by atoms with Gasteiger partial charge in [-0.2, -0.15) is 0 Å². The summed E-state index contributed by atoms with van der Waals surface area (Å²) in [5.74, 6) is -1.90. The van der Waals surface area contributed by atoms with Crippen LogP contribution in [0.1, 0.15) is 10.4 Å². The molecule has 0 spiro atoms. The largest absolute Gasteiger partial charge is 0.367 e. The van der Waals surface area contributed by atoms with E-state index in [1.54, 1.807) is 4.90 Å². The number of carbonyl (C=O) groups is 1. The molecule has 1 aromatic carbocycles. The molecule has 0 aromatic heterocycles. The molecule has 1 aliphatic rings. The normalized spacial score (nSPS) is 15.6. The fraction of sp³-hybridized carbons (Fsp3) is 0.417. The Kier molecular flexibility index (Phi) is 3.76. The molecule has 0 bridgehead atoms. The lowest BCUT2D eigenvalue weighted by Crippen LogP contribution is -2.44. The first-order chi connectivity index (χ1) is 8.63. The Balaban J connectivity index is 2.33. The number of rotatable bonds is 2. The molecule has 18 heavy (non-hydrogen) atoms. The van der Waals surface area contributed by atoms with Crippen LogP contribution in [0, 0.1) is 11.6 Å². The number of hydrogen-bond donors (Lipinski definition) is 2. The van der Waals surface area contributed by atoms with E-state index in [0.29, 0.717) is 13.1 Å². The molecule has 0 atom stereocenters. The predicted molar refractivity (Wildman–Crippen MR) is 64.8 cm³/mol. The van der Waals surface area contributed by atoms with E-state index in [-0.39, 0.29) is 11.3 Å². The zero-order chi connectivity index (χ0) is 13.1. The summed E-state index contributed by atoms with van der Waals surface area (Å²) in [4.78, 5) is 13.1. The van der Waals surface area contributed by atoms with Gasteiger partial charge in [0.05, 0.1) is 11.3 Å². The molecular formula is C12H15F2N3O. The summed E-state index contributed by atoms with van der Waals surface area (Å²) in [6.07, 6.45) is 0. The van der Waals surface area contributed by atoms with Crippen LogP contribution in [0.5, 0.6) is 0 Å². The number of hydrogen-bond acceptors (Lipinski definition) is 3. The third kappa shape index (κ3) is 2.43. The molecular weight excluding hydrogens is 240 g/mol. The van der Waals surface area contributed by atoms with E-state index in [4.69, 9.17) is 0 Å². The Morgan fingerprint density at radius 3 is 2.56 bits per heavy atom. The van der Waals surface area contributed by atoms with Crippen LogP contribution >= 0.6 is 0 Å². The summed E-state index contributed by atoms with van der Waals surface area (Å²) in [5, 5.41) is 5.41. The summed E-state index contributed by atoms with van der Waals surface area (Å²) in [7, 11) is 1.38. The van der Waals surface area contributed by atoms with Gasteiger partial charge in [-0.25, -0.2) is 8.78 Å². The Morgan fingerprint density at radius 1 is 1.28 bits per heavy atom. The quantitative estimate of drug-likeness (QED) is 0.819. The van der Waals surface area contributed by atoms with Gasteiger partial charge in [0.2, 0.25) is 0 Å². The first-order valence-electron chi connectivity index (χ1n) is 5.80. The highest BCUT2D eigenvalue weighted by Crippen LogP contribution is 2.23. The van der Waals surface area contributed by atoms with Crippen molar-refractivity contribution in [2.75, 3.05) is 38.1 Å². The van der Waals surface area contributed by atoms with Crippen molar-refractivity contribution in [3.63, 3.8) is 0 Å². The zero-order valence-electron chi connectivity index (χ0n) is 10.1. The first-order valence-corrected chi connectivity index (χ1v) is 5.80. The second-order valence-corrected chi connectivity index (χ2v) is 4.10. The van der Waals surface area contributed by atoms with E-state index in [1.807, 2.05) is 0 Å². The van der Waals surface area contributed by atoms with Crippen molar-refractivity contribution in [2.45, 2.75) is 0 Å². The van der Waals surface area contributed by atoms with Crippen LogP contribution in [0.25, 0.3) is 0 Å². The molecule has 1 saturated heterocycles. The van der Waals surface area contributed by atoms with Crippen molar-refractivity contribution in [3.8, 4) is 0 Å². The molecule has 2 rings (SSSR count). The molecule has 1 amide bonds. The minimum absolute atomic E-state index is 0.210. The lowest BCUT2D eigenvalue weighted by molar-refractivity contribution is 0.0958. The molecule has 1 aliphatic heterocycles. The molecule has 1 aromatic rings. The summed E-state index contributed by atoms with van der Waals surface area (Å²) in [6, 6.07) is 2.04. The lowest BCUT2D eigenvalue weighted by Gasteiger charge is -2.29. The van der Waals surface area contributed by atoms with E-state index >= 15 is 0 Å². The van der Waals surface area contributed by atoms with Crippen molar-refractivity contribution in [2.24, 2.45) is 0 Å². The zero-order valence-corrected chi connectivity index (χ0v) is 10.1. The van der Waals surface area contributed by atoms with Gasteiger partial charge in [0.15, 0.2) is 0 Å². The van der Waals surface area contributed by atoms with Crippen molar-refractivity contribution in [3.05, 3.63) is 29.3 Å². The van der Waals surface area contributed by atoms with Gasteiger partial charge in [-0.05, 0) is 6.07 Å². The van der Waals surface area contributed by atoms with Crippen molar-refractivity contribution in [1.29, 1.82) is 0 Å². The average Bonchev–Trinajstić information content (AvgIpc) is 2.41. The van der Waals surface area contributed by atoms with Gasteiger partial charge in [0, 0.05) is 39.3 Å². The monoisotopic (exact) mass is 255 g/mol. The third-order valence-corrected chi connectivity index (χ3v) is 2.97. The van der Waals surface area contributed by atoms with Crippen LogP contribution in [0.2, 0.25) is 0 Å². The standard InChI is InChI=1S/C12H15F2N3O/c1-15-12(18)8-6-10(14)11(7-9(8)13)17-4-2-16-3-5-17/h6-7,16H,2-5H2,1H3,(H,15,18). The number of carbonyl (C=O) groups excluding carboxylic acids is 1. The minimum Gasteiger partial charge on any atom is -0.367 e. The molecule has 6 heteroatoms. The van der Waals surface area contributed by atoms with Crippen LogP contribution in [0.3, 0.4) is 0 Å². The average molecular weight is 255 g/mol. The number of piperazine rings is 1. The second-order valence-electron chi connectivity index (χ2n) is 4.10. The highest BCUT2D eigenvalue weighted by Gasteiger charge is 2.19. The molecule has 0 radical (unpaired) electrons. The Morgan fingerprint density at radius 2 is 1.94 bits per heavy atom. The number of nitrogens with zero attached hydrogens (tertiary/aromatic N) is 1. The van der Waals surface area contributed by atoms with E-state index in [0.717, 1.165) is 25.2 Å². The second kappa shape index (κ2) is 5.30. The maximum absolute atomic E-state index is 13.9. The lowest BCUT2D eigenvalue weighted by atomic mass is 10.1. The fourth-order valence-electron chi connectivity index (χ4n) is 1.99. The summed E-state index contributed by atoms with van der Waals surface area (Å²) >= 11 is 0. The fourth-order valence-corrected chi connectivity index (χ4v) is 1.99. The maximum atomic E-state index is 13.9. The Labute approximate surface area is 104 Å². The van der Waals surface area contributed by atoms with Gasteiger partial charge in [-0.1, -0.05) is 0 Å². The number of halogens is 2. The van der Waals surface area contributed by atoms with E-state index in [9.17, 15) is 13.6 Å². The summed E-state index contributed by atoms with van der Waals surface area (Å²) in [6.45, 7) is 2.71. The smallest absolute Gasteiger partial charge is 0.254 e.